The zero-order chi connectivity index (χ0) is 19.5. The largest absolute Gasteiger partial charge is 0.480 e. The molecule has 0 radical (unpaired) electrons. The van der Waals surface area contributed by atoms with Crippen molar-refractivity contribution in [1.82, 2.24) is 24.3 Å². The standard InChI is InChI=1S/C19H19FN6O2/c1-19(27)5-11(6-19)23-18-24-16-15(17(25-18)28-2)12(7-22-16)10-3-4-14-21-8-13(20)26(14)9-10/h3-4,7-9,11,27H,5-6H2,1-2H3,(H2,22,23,24,25)/t11-,19-. The number of pyridine rings is 1. The molecule has 0 saturated heterocycles. The van der Waals surface area contributed by atoms with Gasteiger partial charge in [-0.15, -0.1) is 0 Å². The molecule has 28 heavy (non-hydrogen) atoms. The van der Waals surface area contributed by atoms with Gasteiger partial charge in [0.05, 0.1) is 24.3 Å². The number of aliphatic hydroxyl groups is 1. The highest BCUT2D eigenvalue weighted by atomic mass is 19.1. The summed E-state index contributed by atoms with van der Waals surface area (Å²) in [6.45, 7) is 1.81. The van der Waals surface area contributed by atoms with Crippen LogP contribution in [-0.2, 0) is 0 Å². The maximum atomic E-state index is 13.9. The highest BCUT2D eigenvalue weighted by molar-refractivity contribution is 5.97. The van der Waals surface area contributed by atoms with Crippen molar-refractivity contribution in [3.05, 3.63) is 36.7 Å². The van der Waals surface area contributed by atoms with Crippen LogP contribution in [0.25, 0.3) is 27.8 Å². The summed E-state index contributed by atoms with van der Waals surface area (Å²) in [4.78, 5) is 16.2. The topological polar surface area (TPSA) is 100 Å². The van der Waals surface area contributed by atoms with E-state index < -0.39 is 11.5 Å². The molecule has 1 aliphatic carbocycles. The highest BCUT2D eigenvalue weighted by Crippen LogP contribution is 2.36. The number of nitrogens with one attached hydrogen (secondary N) is 2. The number of H-pyrrole nitrogens is 1. The van der Waals surface area contributed by atoms with Crippen LogP contribution in [0.5, 0.6) is 5.88 Å². The fraction of sp³-hybridized carbons (Fsp3) is 0.316. The minimum atomic E-state index is -0.632. The molecule has 8 nitrogen and oxygen atoms in total. The van der Waals surface area contributed by atoms with Gasteiger partial charge < -0.3 is 20.1 Å². The molecule has 144 valence electrons. The fourth-order valence-corrected chi connectivity index (χ4v) is 3.84. The van der Waals surface area contributed by atoms with E-state index in [0.717, 1.165) is 11.1 Å². The predicted octanol–water partition coefficient (Wildman–Crippen LogP) is 2.75. The number of aromatic amines is 1. The van der Waals surface area contributed by atoms with Crippen molar-refractivity contribution >= 4 is 22.6 Å². The summed E-state index contributed by atoms with van der Waals surface area (Å²) in [5.41, 5.74) is 2.11. The van der Waals surface area contributed by atoms with Crippen LogP contribution < -0.4 is 10.1 Å². The Morgan fingerprint density at radius 1 is 1.36 bits per heavy atom. The Morgan fingerprint density at radius 2 is 2.18 bits per heavy atom. The van der Waals surface area contributed by atoms with Gasteiger partial charge in [-0.25, -0.2) is 4.98 Å². The lowest BCUT2D eigenvalue weighted by molar-refractivity contribution is -0.0236. The Labute approximate surface area is 159 Å². The zero-order valence-electron chi connectivity index (χ0n) is 15.4. The van der Waals surface area contributed by atoms with Gasteiger partial charge in [-0.1, -0.05) is 0 Å². The molecule has 1 saturated carbocycles. The Hall–Kier alpha value is -3.20. The molecule has 1 fully saturated rings. The second kappa shape index (κ2) is 5.90. The third-order valence-electron chi connectivity index (χ3n) is 5.17. The van der Waals surface area contributed by atoms with Crippen LogP contribution in [0.4, 0.5) is 10.3 Å². The van der Waals surface area contributed by atoms with Crippen molar-refractivity contribution in [2.75, 3.05) is 12.4 Å². The lowest BCUT2D eigenvalue weighted by Gasteiger charge is -2.41. The summed E-state index contributed by atoms with van der Waals surface area (Å²) in [6, 6.07) is 3.74. The predicted molar refractivity (Wildman–Crippen MR) is 102 cm³/mol. The van der Waals surface area contributed by atoms with Crippen molar-refractivity contribution in [3.8, 4) is 17.0 Å². The lowest BCUT2D eigenvalue weighted by Crippen LogP contribution is -2.48. The smallest absolute Gasteiger partial charge is 0.228 e. The molecule has 1 aliphatic rings. The normalized spacial score (nSPS) is 21.8. The van der Waals surface area contributed by atoms with Crippen molar-refractivity contribution in [1.29, 1.82) is 0 Å². The van der Waals surface area contributed by atoms with E-state index in [-0.39, 0.29) is 6.04 Å². The van der Waals surface area contributed by atoms with Gasteiger partial charge in [0.1, 0.15) is 11.3 Å². The molecule has 0 amide bonds. The number of rotatable bonds is 4. The van der Waals surface area contributed by atoms with Crippen LogP contribution in [0.2, 0.25) is 0 Å². The van der Waals surface area contributed by atoms with Crippen LogP contribution in [0.15, 0.2) is 30.7 Å². The lowest BCUT2D eigenvalue weighted by atomic mass is 9.77. The fourth-order valence-electron chi connectivity index (χ4n) is 3.84. The second-order valence-electron chi connectivity index (χ2n) is 7.46. The number of imidazole rings is 1. The quantitative estimate of drug-likeness (QED) is 0.502. The highest BCUT2D eigenvalue weighted by Gasteiger charge is 2.38. The van der Waals surface area contributed by atoms with Gasteiger partial charge in [-0.2, -0.15) is 14.4 Å². The van der Waals surface area contributed by atoms with Gasteiger partial charge in [0.25, 0.3) is 0 Å². The Balaban J connectivity index is 1.56. The van der Waals surface area contributed by atoms with Crippen LogP contribution in [0.1, 0.15) is 19.8 Å². The van der Waals surface area contributed by atoms with E-state index in [2.05, 4.69) is 25.3 Å². The maximum Gasteiger partial charge on any atom is 0.228 e. The van der Waals surface area contributed by atoms with E-state index in [0.29, 0.717) is 41.4 Å². The summed E-state index contributed by atoms with van der Waals surface area (Å²) in [6.07, 6.45) is 5.96. The van der Waals surface area contributed by atoms with Crippen molar-refractivity contribution < 1.29 is 14.2 Å². The first kappa shape index (κ1) is 16.9. The average molecular weight is 382 g/mol. The van der Waals surface area contributed by atoms with Gasteiger partial charge in [-0.05, 0) is 31.9 Å². The molecular weight excluding hydrogens is 363 g/mol. The van der Waals surface area contributed by atoms with Gasteiger partial charge in [0.15, 0.2) is 0 Å². The van der Waals surface area contributed by atoms with Gasteiger partial charge in [-0.3, -0.25) is 4.40 Å². The Bertz CT molecular complexity index is 1190. The first-order chi connectivity index (χ1) is 13.4. The van der Waals surface area contributed by atoms with E-state index in [1.807, 2.05) is 13.0 Å². The molecule has 4 heterocycles. The summed E-state index contributed by atoms with van der Waals surface area (Å²) in [5, 5.41) is 13.8. The van der Waals surface area contributed by atoms with Crippen molar-refractivity contribution in [3.63, 3.8) is 0 Å². The monoisotopic (exact) mass is 382 g/mol. The van der Waals surface area contributed by atoms with Crippen LogP contribution in [-0.4, -0.2) is 48.2 Å². The van der Waals surface area contributed by atoms with Gasteiger partial charge in [0, 0.05) is 29.6 Å². The molecule has 0 aromatic carbocycles. The number of hydrogen-bond donors (Lipinski definition) is 3. The number of halogens is 1. The second-order valence-corrected chi connectivity index (χ2v) is 7.46. The number of fused-ring (bicyclic) bond motifs is 2. The van der Waals surface area contributed by atoms with Crippen molar-refractivity contribution in [2.24, 2.45) is 0 Å². The molecule has 4 aromatic heterocycles. The van der Waals surface area contributed by atoms with E-state index in [9.17, 15) is 9.50 Å². The Morgan fingerprint density at radius 3 is 2.93 bits per heavy atom. The summed E-state index contributed by atoms with van der Waals surface area (Å²) >= 11 is 0. The molecule has 4 aromatic rings. The number of methoxy groups -OCH3 is 1. The molecule has 0 aliphatic heterocycles. The number of hydrogen-bond acceptors (Lipinski definition) is 6. The minimum absolute atomic E-state index is 0.123. The average Bonchev–Trinajstić information content (AvgIpc) is 3.23. The van der Waals surface area contributed by atoms with E-state index in [4.69, 9.17) is 4.74 Å². The molecule has 0 atom stereocenters. The van der Waals surface area contributed by atoms with Crippen molar-refractivity contribution in [2.45, 2.75) is 31.4 Å². The minimum Gasteiger partial charge on any atom is -0.480 e. The van der Waals surface area contributed by atoms with Gasteiger partial charge in [0.2, 0.25) is 17.8 Å². The van der Waals surface area contributed by atoms with Crippen LogP contribution in [0.3, 0.4) is 0 Å². The molecule has 3 N–H and O–H groups in total. The zero-order valence-corrected chi connectivity index (χ0v) is 15.4. The van der Waals surface area contributed by atoms with Crippen LogP contribution in [0, 0.1) is 5.95 Å². The van der Waals surface area contributed by atoms with Crippen LogP contribution >= 0.6 is 0 Å². The van der Waals surface area contributed by atoms with E-state index >= 15 is 0 Å². The summed E-state index contributed by atoms with van der Waals surface area (Å²) in [5.74, 6) is 0.429. The molecule has 5 rings (SSSR count). The van der Waals surface area contributed by atoms with Gasteiger partial charge >= 0.3 is 0 Å². The molecular formula is C19H19FN6O2. The number of anilines is 1. The number of ether oxygens (including phenoxy) is 1. The van der Waals surface area contributed by atoms with E-state index in [1.165, 1.54) is 10.6 Å². The molecule has 0 spiro atoms. The molecule has 9 heteroatoms. The summed E-state index contributed by atoms with van der Waals surface area (Å²) in [7, 11) is 1.55. The first-order valence-electron chi connectivity index (χ1n) is 8.98. The molecule has 0 bridgehead atoms. The maximum absolute atomic E-state index is 13.9. The van der Waals surface area contributed by atoms with E-state index in [1.54, 1.807) is 25.6 Å². The number of aromatic nitrogens is 5. The SMILES string of the molecule is COc1nc(N[C@H]2C[C@](C)(O)C2)nc2[nH]cc(-c3ccc4ncc(F)n4c3)c12. The number of nitrogens with zero attached hydrogens (tertiary/aromatic N) is 4. The third-order valence-corrected chi connectivity index (χ3v) is 5.17. The third kappa shape index (κ3) is 2.66. The molecule has 0 unspecified atom stereocenters. The Kier molecular flexibility index (Phi) is 3.57. The summed E-state index contributed by atoms with van der Waals surface area (Å²) < 4.78 is 20.8. The first-order valence-corrected chi connectivity index (χ1v) is 8.98.